The van der Waals surface area contributed by atoms with Gasteiger partial charge in [0.1, 0.15) is 0 Å². The lowest BCUT2D eigenvalue weighted by molar-refractivity contribution is -0.116. The Bertz CT molecular complexity index is 492. The fraction of sp³-hybridized carbons (Fsp3) is 0.400. The summed E-state index contributed by atoms with van der Waals surface area (Å²) in [6.45, 7) is 5.78. The molecule has 0 saturated heterocycles. The number of carbonyl (C=O) groups excluding carboxylic acids is 2. The third kappa shape index (κ3) is 5.22. The molecule has 0 aliphatic rings. The van der Waals surface area contributed by atoms with Crippen LogP contribution in [0.2, 0.25) is 0 Å². The van der Waals surface area contributed by atoms with Crippen molar-refractivity contribution in [1.82, 2.24) is 5.43 Å². The summed E-state index contributed by atoms with van der Waals surface area (Å²) in [6.07, 6.45) is 2.09. The maximum atomic E-state index is 11.8. The summed E-state index contributed by atoms with van der Waals surface area (Å²) in [5.74, 6) is -0.280. The molecule has 2 amide bonds. The van der Waals surface area contributed by atoms with Gasteiger partial charge in [0.05, 0.1) is 0 Å². The van der Waals surface area contributed by atoms with Crippen LogP contribution in [0.4, 0.5) is 5.69 Å². The maximum absolute atomic E-state index is 11.8. The molecule has 0 aliphatic carbocycles. The first-order valence-electron chi connectivity index (χ1n) is 6.80. The number of nitrogens with one attached hydrogen (secondary N) is 2. The summed E-state index contributed by atoms with van der Waals surface area (Å²) in [7, 11) is 0. The third-order valence-electron chi connectivity index (χ3n) is 2.77. The predicted octanol–water partition coefficient (Wildman–Crippen LogP) is 2.94. The van der Waals surface area contributed by atoms with Crippen molar-refractivity contribution in [3.63, 3.8) is 0 Å². The van der Waals surface area contributed by atoms with Crippen LogP contribution >= 0.6 is 0 Å². The largest absolute Gasteiger partial charge is 0.326 e. The molecule has 0 radical (unpaired) electrons. The van der Waals surface area contributed by atoms with Crippen molar-refractivity contribution in [2.75, 3.05) is 5.32 Å². The highest BCUT2D eigenvalue weighted by Gasteiger charge is 2.05. The summed E-state index contributed by atoms with van der Waals surface area (Å²) >= 11 is 0. The molecule has 2 N–H and O–H groups in total. The second-order valence-electron chi connectivity index (χ2n) is 4.52. The molecular weight excluding hydrogens is 254 g/mol. The van der Waals surface area contributed by atoms with Crippen LogP contribution in [0, 0.1) is 0 Å². The van der Waals surface area contributed by atoms with Gasteiger partial charge in [0.2, 0.25) is 5.91 Å². The lowest BCUT2D eigenvalue weighted by Gasteiger charge is -2.05. The second-order valence-corrected chi connectivity index (χ2v) is 4.52. The highest BCUT2D eigenvalue weighted by Crippen LogP contribution is 2.10. The number of nitrogens with zero attached hydrogens (tertiary/aromatic N) is 1. The lowest BCUT2D eigenvalue weighted by Crippen LogP contribution is -2.19. The Hall–Kier alpha value is -2.17. The van der Waals surface area contributed by atoms with Crippen LogP contribution < -0.4 is 10.7 Å². The average molecular weight is 275 g/mol. The van der Waals surface area contributed by atoms with E-state index in [9.17, 15) is 9.59 Å². The van der Waals surface area contributed by atoms with E-state index in [1.165, 1.54) is 0 Å². The normalized spacial score (nSPS) is 11.1. The van der Waals surface area contributed by atoms with E-state index < -0.39 is 0 Å². The first-order valence-corrected chi connectivity index (χ1v) is 6.80. The van der Waals surface area contributed by atoms with Gasteiger partial charge in [0.15, 0.2) is 0 Å². The smallest absolute Gasteiger partial charge is 0.271 e. The molecule has 1 rings (SSSR count). The molecule has 0 fully saturated rings. The van der Waals surface area contributed by atoms with Crippen molar-refractivity contribution in [1.29, 1.82) is 0 Å². The summed E-state index contributed by atoms with van der Waals surface area (Å²) in [4.78, 5) is 23.2. The zero-order valence-electron chi connectivity index (χ0n) is 12.2. The van der Waals surface area contributed by atoms with E-state index in [0.717, 1.165) is 18.6 Å². The molecule has 0 unspecified atom stereocenters. The number of anilines is 1. The first-order chi connectivity index (χ1) is 9.56. The summed E-state index contributed by atoms with van der Waals surface area (Å²) in [5, 5.41) is 6.73. The van der Waals surface area contributed by atoms with Gasteiger partial charge in [-0.1, -0.05) is 13.8 Å². The Kier molecular flexibility index (Phi) is 6.43. The molecule has 1 aromatic rings. The minimum atomic E-state index is -0.260. The van der Waals surface area contributed by atoms with Crippen molar-refractivity contribution in [3.8, 4) is 0 Å². The molecule has 0 spiro atoms. The van der Waals surface area contributed by atoms with E-state index in [1.807, 2.05) is 20.8 Å². The molecule has 0 aliphatic heterocycles. The van der Waals surface area contributed by atoms with Crippen LogP contribution in [0.5, 0.6) is 0 Å². The second kappa shape index (κ2) is 8.09. The fourth-order valence-corrected chi connectivity index (χ4v) is 1.45. The monoisotopic (exact) mass is 275 g/mol. The standard InChI is InChI=1S/C15H21N3O2/c1-4-6-14(19)16-13-9-7-12(8-10-13)15(20)18-17-11(3)5-2/h7-10H,4-6H2,1-3H3,(H,16,19)(H,18,20)/b17-11+. The van der Waals surface area contributed by atoms with E-state index in [2.05, 4.69) is 15.8 Å². The Labute approximate surface area is 119 Å². The number of hydrazone groups is 1. The molecule has 108 valence electrons. The number of amides is 2. The molecule has 5 nitrogen and oxygen atoms in total. The Morgan fingerprint density at radius 3 is 2.35 bits per heavy atom. The molecule has 0 saturated carbocycles. The fourth-order valence-electron chi connectivity index (χ4n) is 1.45. The quantitative estimate of drug-likeness (QED) is 0.619. The molecule has 0 aromatic heterocycles. The van der Waals surface area contributed by atoms with Gasteiger partial charge in [-0.2, -0.15) is 5.10 Å². The third-order valence-corrected chi connectivity index (χ3v) is 2.77. The van der Waals surface area contributed by atoms with Crippen molar-refractivity contribution in [3.05, 3.63) is 29.8 Å². The van der Waals surface area contributed by atoms with E-state index >= 15 is 0 Å². The van der Waals surface area contributed by atoms with E-state index in [1.54, 1.807) is 24.3 Å². The molecule has 0 bridgehead atoms. The SMILES string of the molecule is CCCC(=O)Nc1ccc(C(=O)N/N=C(\C)CC)cc1. The summed E-state index contributed by atoms with van der Waals surface area (Å²) < 4.78 is 0. The molecule has 0 heterocycles. The minimum Gasteiger partial charge on any atom is -0.326 e. The van der Waals surface area contributed by atoms with E-state index in [0.29, 0.717) is 17.7 Å². The molecule has 0 atom stereocenters. The Morgan fingerprint density at radius 1 is 1.15 bits per heavy atom. The maximum Gasteiger partial charge on any atom is 0.271 e. The number of hydrogen-bond acceptors (Lipinski definition) is 3. The summed E-state index contributed by atoms with van der Waals surface area (Å²) in [6, 6.07) is 6.74. The highest BCUT2D eigenvalue weighted by molar-refractivity contribution is 5.96. The number of hydrogen-bond donors (Lipinski definition) is 2. The number of benzene rings is 1. The van der Waals surface area contributed by atoms with Gasteiger partial charge in [-0.3, -0.25) is 9.59 Å². The zero-order chi connectivity index (χ0) is 15.0. The van der Waals surface area contributed by atoms with Crippen LogP contribution in [0.1, 0.15) is 50.4 Å². The van der Waals surface area contributed by atoms with Gasteiger partial charge < -0.3 is 5.32 Å². The Morgan fingerprint density at radius 2 is 1.80 bits per heavy atom. The van der Waals surface area contributed by atoms with Crippen molar-refractivity contribution < 1.29 is 9.59 Å². The van der Waals surface area contributed by atoms with Crippen LogP contribution in [0.25, 0.3) is 0 Å². The van der Waals surface area contributed by atoms with Crippen molar-refractivity contribution in [2.24, 2.45) is 5.10 Å². The van der Waals surface area contributed by atoms with Crippen LogP contribution in [-0.2, 0) is 4.79 Å². The van der Waals surface area contributed by atoms with Gasteiger partial charge in [-0.25, -0.2) is 5.43 Å². The van der Waals surface area contributed by atoms with Crippen LogP contribution in [0.15, 0.2) is 29.4 Å². The first kappa shape index (κ1) is 15.9. The van der Waals surface area contributed by atoms with Gasteiger partial charge >= 0.3 is 0 Å². The van der Waals surface area contributed by atoms with Gasteiger partial charge in [0.25, 0.3) is 5.91 Å². The predicted molar refractivity (Wildman–Crippen MR) is 80.8 cm³/mol. The summed E-state index contributed by atoms with van der Waals surface area (Å²) in [5.41, 5.74) is 4.55. The van der Waals surface area contributed by atoms with E-state index in [-0.39, 0.29) is 11.8 Å². The average Bonchev–Trinajstić information content (AvgIpc) is 2.45. The van der Waals surface area contributed by atoms with E-state index in [4.69, 9.17) is 0 Å². The Balaban J connectivity index is 2.62. The van der Waals surface area contributed by atoms with Gasteiger partial charge in [0, 0.05) is 23.4 Å². The van der Waals surface area contributed by atoms with Crippen LogP contribution in [0.3, 0.4) is 0 Å². The van der Waals surface area contributed by atoms with Crippen LogP contribution in [-0.4, -0.2) is 17.5 Å². The molecule has 20 heavy (non-hydrogen) atoms. The van der Waals surface area contributed by atoms with Gasteiger partial charge in [-0.05, 0) is 44.0 Å². The zero-order valence-corrected chi connectivity index (χ0v) is 12.2. The lowest BCUT2D eigenvalue weighted by atomic mass is 10.2. The van der Waals surface area contributed by atoms with Crippen molar-refractivity contribution in [2.45, 2.75) is 40.0 Å². The molecular formula is C15H21N3O2. The number of carbonyl (C=O) groups is 2. The minimum absolute atomic E-state index is 0.0205. The molecule has 5 heteroatoms. The molecule has 1 aromatic carbocycles. The topological polar surface area (TPSA) is 70.6 Å². The number of rotatable bonds is 6. The van der Waals surface area contributed by atoms with Gasteiger partial charge in [-0.15, -0.1) is 0 Å². The highest BCUT2D eigenvalue weighted by atomic mass is 16.2. The van der Waals surface area contributed by atoms with Crippen molar-refractivity contribution >= 4 is 23.2 Å².